The molecule has 4 aliphatic rings. The molecule has 0 saturated heterocycles. The van der Waals surface area contributed by atoms with Gasteiger partial charge in [-0.2, -0.15) is 0 Å². The van der Waals surface area contributed by atoms with Gasteiger partial charge in [-0.25, -0.2) is 0 Å². The molecule has 23 heavy (non-hydrogen) atoms. The molecule has 0 radical (unpaired) electrons. The number of hydrogen-bond acceptors (Lipinski definition) is 0. The average molecular weight is 293 g/mol. The van der Waals surface area contributed by atoms with Crippen molar-refractivity contribution in [3.05, 3.63) is 94.1 Å². The molecule has 0 saturated carbocycles. The standard InChI is InChI=1S/C22H15N/c1-2-7-19-16(6-1)18-12-15-9-8-13-4-3-5-14-10-11-17(22(18)23-19)21(15)20(13)14/h1-12,20-21,23H. The summed E-state index contributed by atoms with van der Waals surface area (Å²) < 4.78 is 0. The summed E-state index contributed by atoms with van der Waals surface area (Å²) >= 11 is 0. The molecule has 1 aromatic heterocycles. The molecule has 0 fully saturated rings. The molecular formula is C22H15N. The predicted octanol–water partition coefficient (Wildman–Crippen LogP) is 3.28. The Kier molecular flexibility index (Phi) is 2.01. The molecule has 1 aromatic carbocycles. The zero-order chi connectivity index (χ0) is 15.0. The van der Waals surface area contributed by atoms with E-state index in [0.717, 1.165) is 0 Å². The first kappa shape index (κ1) is 11.7. The van der Waals surface area contributed by atoms with E-state index in [1.54, 1.807) is 0 Å². The smallest absolute Gasteiger partial charge is 0.0504 e. The van der Waals surface area contributed by atoms with Crippen molar-refractivity contribution in [2.45, 2.75) is 0 Å². The van der Waals surface area contributed by atoms with Crippen molar-refractivity contribution in [3.63, 3.8) is 0 Å². The monoisotopic (exact) mass is 293 g/mol. The van der Waals surface area contributed by atoms with Gasteiger partial charge in [-0.1, -0.05) is 60.7 Å². The quantitative estimate of drug-likeness (QED) is 0.767. The summed E-state index contributed by atoms with van der Waals surface area (Å²) in [5, 5.41) is 3.97. The largest absolute Gasteiger partial charge is 0.354 e. The Labute approximate surface area is 134 Å². The molecule has 1 heterocycles. The van der Waals surface area contributed by atoms with E-state index < -0.39 is 0 Å². The highest BCUT2D eigenvalue weighted by molar-refractivity contribution is 5.87. The number of fused-ring (bicyclic) bond motifs is 3. The van der Waals surface area contributed by atoms with Crippen molar-refractivity contribution < 1.29 is 0 Å². The van der Waals surface area contributed by atoms with Gasteiger partial charge in [-0.3, -0.25) is 0 Å². The van der Waals surface area contributed by atoms with Crippen LogP contribution in [0.5, 0.6) is 0 Å². The van der Waals surface area contributed by atoms with Crippen LogP contribution in [-0.2, 0) is 0 Å². The van der Waals surface area contributed by atoms with Crippen molar-refractivity contribution in [2.24, 2.45) is 11.8 Å². The van der Waals surface area contributed by atoms with Crippen molar-refractivity contribution in [2.75, 3.05) is 0 Å². The fourth-order valence-corrected chi connectivity index (χ4v) is 4.60. The van der Waals surface area contributed by atoms with Gasteiger partial charge in [-0.05, 0) is 34.4 Å². The average Bonchev–Trinajstić information content (AvgIpc) is 2.98. The zero-order valence-corrected chi connectivity index (χ0v) is 12.6. The number of H-pyrrole nitrogens is 1. The van der Waals surface area contributed by atoms with Crippen LogP contribution in [0.3, 0.4) is 0 Å². The Hall–Kier alpha value is -2.80. The molecule has 0 spiro atoms. The molecule has 1 N–H and O–H groups in total. The van der Waals surface area contributed by atoms with Crippen LogP contribution in [-0.4, -0.2) is 4.98 Å². The summed E-state index contributed by atoms with van der Waals surface area (Å²) in [4.78, 5) is 3.67. The van der Waals surface area contributed by atoms with Gasteiger partial charge >= 0.3 is 0 Å². The highest BCUT2D eigenvalue weighted by atomic mass is 14.7. The second-order valence-electron chi connectivity index (χ2n) is 6.71. The molecule has 0 aliphatic heterocycles. The summed E-state index contributed by atoms with van der Waals surface area (Å²) in [6.07, 6.45) is 18.3. The second kappa shape index (κ2) is 3.94. The Balaban J connectivity index is 1.81. The molecular weight excluding hydrogens is 278 g/mol. The van der Waals surface area contributed by atoms with Gasteiger partial charge < -0.3 is 4.98 Å². The third kappa shape index (κ3) is 1.38. The predicted molar refractivity (Wildman–Crippen MR) is 94.9 cm³/mol. The number of rotatable bonds is 0. The van der Waals surface area contributed by atoms with Crippen molar-refractivity contribution in [3.8, 4) is 0 Å². The molecule has 2 atom stereocenters. The molecule has 0 amide bonds. The third-order valence-electron chi connectivity index (χ3n) is 5.59. The number of aromatic amines is 1. The van der Waals surface area contributed by atoms with E-state index in [4.69, 9.17) is 0 Å². The number of para-hydroxylation sites is 1. The number of nitrogens with one attached hydrogen (secondary N) is 1. The van der Waals surface area contributed by atoms with E-state index in [9.17, 15) is 0 Å². The summed E-state index contributed by atoms with van der Waals surface area (Å²) in [7, 11) is 0. The second-order valence-corrected chi connectivity index (χ2v) is 6.71. The lowest BCUT2D eigenvalue weighted by molar-refractivity contribution is 0.604. The summed E-state index contributed by atoms with van der Waals surface area (Å²) in [6, 6.07) is 8.61. The fourth-order valence-electron chi connectivity index (χ4n) is 4.60. The maximum Gasteiger partial charge on any atom is 0.0504 e. The Morgan fingerprint density at radius 2 is 1.65 bits per heavy atom. The number of aromatic nitrogens is 1. The number of allylic oxidation sites excluding steroid dienone is 10. The molecule has 108 valence electrons. The van der Waals surface area contributed by atoms with Crippen LogP contribution in [0.15, 0.2) is 83.5 Å². The summed E-state index contributed by atoms with van der Waals surface area (Å²) in [6.45, 7) is 0. The maximum absolute atomic E-state index is 3.67. The van der Waals surface area contributed by atoms with Crippen LogP contribution in [0.2, 0.25) is 0 Å². The first-order valence-corrected chi connectivity index (χ1v) is 8.21. The van der Waals surface area contributed by atoms with E-state index >= 15 is 0 Å². The number of benzene rings is 1. The highest BCUT2D eigenvalue weighted by Gasteiger charge is 2.37. The Bertz CT molecular complexity index is 1160. The molecule has 6 rings (SSSR count). The third-order valence-corrected chi connectivity index (χ3v) is 5.59. The van der Waals surface area contributed by atoms with Crippen molar-refractivity contribution in [1.82, 2.24) is 4.98 Å². The zero-order valence-electron chi connectivity index (χ0n) is 12.6. The first-order chi connectivity index (χ1) is 11.4. The summed E-state index contributed by atoms with van der Waals surface area (Å²) in [5.74, 6) is 0.938. The van der Waals surface area contributed by atoms with Gasteiger partial charge in [0.05, 0.1) is 5.35 Å². The minimum Gasteiger partial charge on any atom is -0.354 e. The SMILES string of the molecule is C1=CC2=CC=C3C=c4c([nH]c5ccccc45)=C4C=CC(=C1)C2C34. The van der Waals surface area contributed by atoms with E-state index in [1.807, 2.05) is 0 Å². The van der Waals surface area contributed by atoms with E-state index in [2.05, 4.69) is 77.9 Å². The Morgan fingerprint density at radius 1 is 0.783 bits per heavy atom. The molecule has 2 aromatic rings. The van der Waals surface area contributed by atoms with Crippen LogP contribution < -0.4 is 10.6 Å². The van der Waals surface area contributed by atoms with Gasteiger partial charge in [-0.15, -0.1) is 0 Å². The van der Waals surface area contributed by atoms with E-state index in [1.165, 1.54) is 43.8 Å². The van der Waals surface area contributed by atoms with Crippen LogP contribution in [0.1, 0.15) is 0 Å². The maximum atomic E-state index is 3.67. The highest BCUT2D eigenvalue weighted by Crippen LogP contribution is 2.47. The topological polar surface area (TPSA) is 15.8 Å². The first-order valence-electron chi connectivity index (χ1n) is 8.21. The molecule has 0 bridgehead atoms. The normalized spacial score (nSPS) is 26.1. The van der Waals surface area contributed by atoms with E-state index in [0.29, 0.717) is 11.8 Å². The van der Waals surface area contributed by atoms with Gasteiger partial charge in [0.15, 0.2) is 0 Å². The lowest BCUT2D eigenvalue weighted by atomic mass is 9.64. The minimum absolute atomic E-state index is 0.455. The number of hydrogen-bond donors (Lipinski definition) is 1. The van der Waals surface area contributed by atoms with Gasteiger partial charge in [0, 0.05) is 28.0 Å². The summed E-state index contributed by atoms with van der Waals surface area (Å²) in [5.41, 5.74) is 6.98. The molecule has 2 unspecified atom stereocenters. The van der Waals surface area contributed by atoms with Crippen LogP contribution >= 0.6 is 0 Å². The lowest BCUT2D eigenvalue weighted by Gasteiger charge is -2.39. The lowest BCUT2D eigenvalue weighted by Crippen LogP contribution is -2.38. The van der Waals surface area contributed by atoms with Crippen LogP contribution in [0.25, 0.3) is 22.6 Å². The minimum atomic E-state index is 0.455. The van der Waals surface area contributed by atoms with Gasteiger partial charge in [0.1, 0.15) is 0 Å². The molecule has 4 aliphatic carbocycles. The Morgan fingerprint density at radius 3 is 2.65 bits per heavy atom. The molecule has 1 heteroatoms. The van der Waals surface area contributed by atoms with E-state index in [-0.39, 0.29) is 0 Å². The van der Waals surface area contributed by atoms with Crippen molar-refractivity contribution in [1.29, 1.82) is 0 Å². The van der Waals surface area contributed by atoms with Crippen LogP contribution in [0.4, 0.5) is 0 Å². The molecule has 1 nitrogen and oxygen atoms in total. The van der Waals surface area contributed by atoms with Crippen LogP contribution in [0, 0.1) is 11.8 Å². The van der Waals surface area contributed by atoms with Crippen molar-refractivity contribution >= 4 is 22.6 Å². The van der Waals surface area contributed by atoms with Gasteiger partial charge in [0.2, 0.25) is 0 Å². The van der Waals surface area contributed by atoms with Gasteiger partial charge in [0.25, 0.3) is 0 Å². The fraction of sp³-hybridized carbons (Fsp3) is 0.0909.